The molecule has 2 aromatic rings. The normalized spacial score (nSPS) is 16.0. The Labute approximate surface area is 142 Å². The molecule has 1 aliphatic rings. The molecule has 8 nitrogen and oxygen atoms in total. The molecule has 23 heavy (non-hydrogen) atoms. The van der Waals surface area contributed by atoms with E-state index in [0.29, 0.717) is 16.8 Å². The van der Waals surface area contributed by atoms with Crippen LogP contribution in [0.3, 0.4) is 0 Å². The molecule has 1 aliphatic heterocycles. The summed E-state index contributed by atoms with van der Waals surface area (Å²) in [5.41, 5.74) is 5.53. The number of nitrogen functional groups attached to an aromatic ring is 1. The largest absolute Gasteiger partial charge is 0.374 e. The molecule has 0 radical (unpaired) electrons. The van der Waals surface area contributed by atoms with E-state index in [1.54, 1.807) is 6.33 Å². The number of aromatic nitrogens is 5. The highest BCUT2D eigenvalue weighted by atomic mass is 32.2. The van der Waals surface area contributed by atoms with E-state index < -0.39 is 0 Å². The van der Waals surface area contributed by atoms with Crippen LogP contribution < -0.4 is 5.73 Å². The first-order valence-corrected chi connectivity index (χ1v) is 9.24. The molecule has 2 aromatic heterocycles. The van der Waals surface area contributed by atoms with Crippen molar-refractivity contribution in [2.45, 2.75) is 23.6 Å². The van der Waals surface area contributed by atoms with Crippen LogP contribution in [0.5, 0.6) is 0 Å². The van der Waals surface area contributed by atoms with Crippen molar-refractivity contribution in [3.05, 3.63) is 12.2 Å². The topological polar surface area (TPSA) is 103 Å². The molecule has 0 aromatic carbocycles. The molecule has 0 unspecified atom stereocenters. The number of amides is 1. The van der Waals surface area contributed by atoms with E-state index in [-0.39, 0.29) is 5.91 Å². The van der Waals surface area contributed by atoms with Crippen LogP contribution in [0.2, 0.25) is 0 Å². The van der Waals surface area contributed by atoms with E-state index in [4.69, 9.17) is 5.73 Å². The van der Waals surface area contributed by atoms with Crippen molar-refractivity contribution in [2.75, 3.05) is 24.6 Å². The number of anilines is 1. The fraction of sp³-hybridized carbons (Fsp3) is 0.615. The van der Waals surface area contributed by atoms with Crippen LogP contribution in [0, 0.1) is 5.92 Å². The highest BCUT2D eigenvalue weighted by molar-refractivity contribution is 8.01. The van der Waals surface area contributed by atoms with E-state index in [2.05, 4.69) is 20.4 Å². The number of carbonyl (C=O) groups excluding carboxylic acids is 1. The Kier molecular flexibility index (Phi) is 5.11. The summed E-state index contributed by atoms with van der Waals surface area (Å²) in [7, 11) is 1.96. The maximum absolute atomic E-state index is 12.3. The van der Waals surface area contributed by atoms with E-state index in [0.717, 1.165) is 42.5 Å². The molecule has 1 amide bonds. The zero-order chi connectivity index (χ0) is 16.2. The zero-order valence-corrected chi connectivity index (χ0v) is 14.5. The van der Waals surface area contributed by atoms with Gasteiger partial charge in [0.1, 0.15) is 12.2 Å². The lowest BCUT2D eigenvalue weighted by Crippen LogP contribution is -2.40. The minimum atomic E-state index is 0.154. The maximum atomic E-state index is 12.3. The summed E-state index contributed by atoms with van der Waals surface area (Å²) in [6.45, 7) is 1.61. The van der Waals surface area contributed by atoms with Crippen molar-refractivity contribution in [3.8, 4) is 0 Å². The number of rotatable bonds is 5. The van der Waals surface area contributed by atoms with Crippen LogP contribution in [0.1, 0.15) is 18.7 Å². The lowest BCUT2D eigenvalue weighted by Gasteiger charge is -2.31. The van der Waals surface area contributed by atoms with Gasteiger partial charge in [-0.1, -0.05) is 23.1 Å². The number of thioether (sulfide) groups is 1. The fourth-order valence-corrected chi connectivity index (χ4v) is 4.17. The number of hydrogen-bond acceptors (Lipinski definition) is 8. The third kappa shape index (κ3) is 4.20. The van der Waals surface area contributed by atoms with Crippen molar-refractivity contribution in [1.29, 1.82) is 0 Å². The summed E-state index contributed by atoms with van der Waals surface area (Å²) in [4.78, 5) is 14.2. The molecule has 10 heteroatoms. The Bertz CT molecular complexity index is 663. The molecule has 0 atom stereocenters. The SMILES string of the molecule is Cn1cnnc1CC1CCN(C(=O)CSc2nnc(N)s2)CC1. The van der Waals surface area contributed by atoms with Crippen molar-refractivity contribution >= 4 is 34.1 Å². The number of nitrogens with zero attached hydrogens (tertiary/aromatic N) is 6. The Hall–Kier alpha value is -1.68. The standard InChI is InChI=1S/C13H19N7OS2/c1-19-8-15-16-10(19)6-9-2-4-20(5-3-9)11(21)7-22-13-18-17-12(14)23-13/h8-9H,2-7H2,1H3,(H2,14,17). The van der Waals surface area contributed by atoms with Crippen molar-refractivity contribution in [3.63, 3.8) is 0 Å². The minimum Gasteiger partial charge on any atom is -0.374 e. The number of nitrogens with two attached hydrogens (primary N) is 1. The Morgan fingerprint density at radius 3 is 2.78 bits per heavy atom. The van der Waals surface area contributed by atoms with Crippen LogP contribution in [0.4, 0.5) is 5.13 Å². The fourth-order valence-electron chi connectivity index (χ4n) is 2.63. The highest BCUT2D eigenvalue weighted by Crippen LogP contribution is 2.25. The zero-order valence-electron chi connectivity index (χ0n) is 12.9. The van der Waals surface area contributed by atoms with Crippen LogP contribution >= 0.6 is 23.1 Å². The first-order valence-electron chi connectivity index (χ1n) is 7.44. The molecule has 0 aliphatic carbocycles. The number of piperidine rings is 1. The average Bonchev–Trinajstić information content (AvgIpc) is 3.14. The molecule has 1 saturated heterocycles. The number of likely N-dealkylation sites (tertiary alicyclic amines) is 1. The van der Waals surface area contributed by atoms with Crippen molar-refractivity contribution in [2.24, 2.45) is 13.0 Å². The molecule has 0 saturated carbocycles. The predicted octanol–water partition coefficient (Wildman–Crippen LogP) is 0.822. The quantitative estimate of drug-likeness (QED) is 0.794. The monoisotopic (exact) mass is 353 g/mol. The van der Waals surface area contributed by atoms with Gasteiger partial charge in [0, 0.05) is 26.6 Å². The Morgan fingerprint density at radius 2 is 2.17 bits per heavy atom. The number of carbonyl (C=O) groups is 1. The molecule has 0 bridgehead atoms. The molecule has 124 valence electrons. The van der Waals surface area contributed by atoms with Gasteiger partial charge >= 0.3 is 0 Å². The second-order valence-electron chi connectivity index (χ2n) is 5.58. The third-order valence-electron chi connectivity index (χ3n) is 3.98. The van der Waals surface area contributed by atoms with E-state index in [1.807, 2.05) is 16.5 Å². The van der Waals surface area contributed by atoms with Gasteiger partial charge in [0.25, 0.3) is 0 Å². The Balaban J connectivity index is 1.43. The van der Waals surface area contributed by atoms with Crippen LogP contribution in [-0.4, -0.2) is 54.6 Å². The summed E-state index contributed by atoms with van der Waals surface area (Å²) in [5.74, 6) is 2.13. The molecule has 3 rings (SSSR count). The summed E-state index contributed by atoms with van der Waals surface area (Å²) < 4.78 is 2.70. The van der Waals surface area contributed by atoms with Gasteiger partial charge in [-0.2, -0.15) is 0 Å². The summed E-state index contributed by atoms with van der Waals surface area (Å²) in [6.07, 6.45) is 4.67. The second-order valence-corrected chi connectivity index (χ2v) is 7.81. The van der Waals surface area contributed by atoms with Gasteiger partial charge in [-0.3, -0.25) is 4.79 Å². The van der Waals surface area contributed by atoms with E-state index >= 15 is 0 Å². The summed E-state index contributed by atoms with van der Waals surface area (Å²) in [5, 5.41) is 16.1. The molecule has 0 spiro atoms. The molecular formula is C13H19N7OS2. The third-order valence-corrected chi connectivity index (χ3v) is 5.86. The van der Waals surface area contributed by atoms with Gasteiger partial charge in [-0.25, -0.2) is 0 Å². The van der Waals surface area contributed by atoms with Crippen LogP contribution in [0.25, 0.3) is 0 Å². The summed E-state index contributed by atoms with van der Waals surface area (Å²) >= 11 is 2.71. The van der Waals surface area contributed by atoms with Gasteiger partial charge in [-0.15, -0.1) is 20.4 Å². The van der Waals surface area contributed by atoms with Gasteiger partial charge in [0.15, 0.2) is 4.34 Å². The first kappa shape index (κ1) is 16.2. The summed E-state index contributed by atoms with van der Waals surface area (Å²) in [6, 6.07) is 0. The smallest absolute Gasteiger partial charge is 0.233 e. The van der Waals surface area contributed by atoms with Gasteiger partial charge in [-0.05, 0) is 18.8 Å². The second kappa shape index (κ2) is 7.26. The highest BCUT2D eigenvalue weighted by Gasteiger charge is 2.24. The molecular weight excluding hydrogens is 334 g/mol. The molecule has 2 N–H and O–H groups in total. The maximum Gasteiger partial charge on any atom is 0.233 e. The minimum absolute atomic E-state index is 0.154. The Morgan fingerprint density at radius 1 is 1.39 bits per heavy atom. The average molecular weight is 353 g/mol. The lowest BCUT2D eigenvalue weighted by molar-refractivity contribution is -0.129. The van der Waals surface area contributed by atoms with E-state index in [9.17, 15) is 4.79 Å². The number of hydrogen-bond donors (Lipinski definition) is 1. The van der Waals surface area contributed by atoms with Crippen molar-refractivity contribution < 1.29 is 4.79 Å². The van der Waals surface area contributed by atoms with Crippen molar-refractivity contribution in [1.82, 2.24) is 29.9 Å². The van der Waals surface area contributed by atoms with Crippen LogP contribution in [-0.2, 0) is 18.3 Å². The van der Waals surface area contributed by atoms with Gasteiger partial charge in [0.05, 0.1) is 5.75 Å². The predicted molar refractivity (Wildman–Crippen MR) is 89.1 cm³/mol. The first-order chi connectivity index (χ1) is 11.1. The van der Waals surface area contributed by atoms with Crippen LogP contribution in [0.15, 0.2) is 10.7 Å². The van der Waals surface area contributed by atoms with Gasteiger partial charge < -0.3 is 15.2 Å². The molecule has 1 fully saturated rings. The van der Waals surface area contributed by atoms with Gasteiger partial charge in [0.2, 0.25) is 11.0 Å². The molecule has 3 heterocycles. The lowest BCUT2D eigenvalue weighted by atomic mass is 9.93. The van der Waals surface area contributed by atoms with E-state index in [1.165, 1.54) is 23.1 Å². The number of aryl methyl sites for hydroxylation is 1.